The summed E-state index contributed by atoms with van der Waals surface area (Å²) in [5.41, 5.74) is 0. The van der Waals surface area contributed by atoms with E-state index in [1.54, 1.807) is 0 Å². The molecule has 0 aliphatic heterocycles. The van der Waals surface area contributed by atoms with E-state index >= 15 is 0 Å². The molecule has 0 aromatic carbocycles. The SMILES string of the molecule is CCCCC/C=C\C=C/CCCCCCCCCCCCC(=O)OCC(COC(=O)CCCCCCCCCCCCCC)OC(=O)CCCCCCC\C=C/C=C\C=C/CCCCCCC. The van der Waals surface area contributed by atoms with E-state index in [9.17, 15) is 14.4 Å². The molecule has 0 saturated carbocycles. The van der Waals surface area contributed by atoms with Crippen LogP contribution in [0.15, 0.2) is 60.8 Å². The van der Waals surface area contributed by atoms with E-state index in [1.165, 1.54) is 173 Å². The second kappa shape index (κ2) is 55.7. The van der Waals surface area contributed by atoms with Crippen molar-refractivity contribution in [1.82, 2.24) is 0 Å². The van der Waals surface area contributed by atoms with Gasteiger partial charge in [-0.1, -0.05) is 261 Å². The number of unbranched alkanes of at least 4 members (excludes halogenated alkanes) is 34. The summed E-state index contributed by atoms with van der Waals surface area (Å²) >= 11 is 0. The quantitative estimate of drug-likeness (QED) is 0.0262. The van der Waals surface area contributed by atoms with Crippen molar-refractivity contribution in [2.45, 2.75) is 297 Å². The smallest absolute Gasteiger partial charge is 0.306 e. The van der Waals surface area contributed by atoms with Gasteiger partial charge in [0.2, 0.25) is 0 Å². The van der Waals surface area contributed by atoms with Crippen LogP contribution in [0.5, 0.6) is 0 Å². The Kier molecular flexibility index (Phi) is 53.3. The van der Waals surface area contributed by atoms with Crippen LogP contribution in [-0.2, 0) is 28.6 Å². The molecule has 67 heavy (non-hydrogen) atoms. The lowest BCUT2D eigenvalue weighted by Crippen LogP contribution is -2.30. The van der Waals surface area contributed by atoms with Crippen LogP contribution in [0.25, 0.3) is 0 Å². The Hall–Kier alpha value is -2.89. The number of carbonyl (C=O) groups is 3. The van der Waals surface area contributed by atoms with Crippen LogP contribution in [0, 0.1) is 0 Å². The molecule has 0 aromatic rings. The average Bonchev–Trinajstić information content (AvgIpc) is 3.33. The molecule has 0 aromatic heterocycles. The second-order valence-electron chi connectivity index (χ2n) is 19.3. The van der Waals surface area contributed by atoms with Crippen molar-refractivity contribution in [3.8, 4) is 0 Å². The lowest BCUT2D eigenvalue weighted by atomic mass is 10.0. The van der Waals surface area contributed by atoms with Gasteiger partial charge in [0.25, 0.3) is 0 Å². The summed E-state index contributed by atoms with van der Waals surface area (Å²) in [6.07, 6.45) is 69.2. The van der Waals surface area contributed by atoms with Crippen molar-refractivity contribution in [3.63, 3.8) is 0 Å². The normalized spacial score (nSPS) is 12.5. The predicted molar refractivity (Wildman–Crippen MR) is 288 cm³/mol. The van der Waals surface area contributed by atoms with Gasteiger partial charge in [0.15, 0.2) is 6.10 Å². The number of ether oxygens (including phenoxy) is 3. The monoisotopic (exact) mass is 937 g/mol. The molecule has 1 unspecified atom stereocenters. The van der Waals surface area contributed by atoms with E-state index in [0.717, 1.165) is 77.0 Å². The number of rotatable bonds is 52. The molecule has 6 nitrogen and oxygen atoms in total. The van der Waals surface area contributed by atoms with Gasteiger partial charge in [-0.05, 0) is 70.6 Å². The van der Waals surface area contributed by atoms with Gasteiger partial charge in [-0.2, -0.15) is 0 Å². The van der Waals surface area contributed by atoms with E-state index in [4.69, 9.17) is 14.2 Å². The van der Waals surface area contributed by atoms with Gasteiger partial charge in [-0.3, -0.25) is 14.4 Å². The Morgan fingerprint density at radius 2 is 0.537 bits per heavy atom. The number of esters is 3. The molecule has 0 spiro atoms. The van der Waals surface area contributed by atoms with Crippen LogP contribution >= 0.6 is 0 Å². The largest absolute Gasteiger partial charge is 0.462 e. The Morgan fingerprint density at radius 1 is 0.299 bits per heavy atom. The first-order chi connectivity index (χ1) is 33.0. The molecule has 0 heterocycles. The molecule has 0 N–H and O–H groups in total. The third-order valence-electron chi connectivity index (χ3n) is 12.6. The molecule has 0 fully saturated rings. The highest BCUT2D eigenvalue weighted by molar-refractivity contribution is 5.71. The Bertz CT molecular complexity index is 1210. The lowest BCUT2D eigenvalue weighted by Gasteiger charge is -2.18. The molecule has 0 aliphatic rings. The summed E-state index contributed by atoms with van der Waals surface area (Å²) in [4.78, 5) is 38.1. The summed E-state index contributed by atoms with van der Waals surface area (Å²) < 4.78 is 16.9. The molecule has 6 heteroatoms. The third kappa shape index (κ3) is 53.9. The molecule has 388 valence electrons. The Balaban J connectivity index is 4.38. The molecular weight excluding hydrogens is 829 g/mol. The van der Waals surface area contributed by atoms with Crippen molar-refractivity contribution < 1.29 is 28.6 Å². The van der Waals surface area contributed by atoms with Gasteiger partial charge >= 0.3 is 17.9 Å². The van der Waals surface area contributed by atoms with Crippen LogP contribution < -0.4 is 0 Å². The first-order valence-corrected chi connectivity index (χ1v) is 28.8. The number of hydrogen-bond donors (Lipinski definition) is 0. The predicted octanol–water partition coefficient (Wildman–Crippen LogP) is 19.2. The van der Waals surface area contributed by atoms with Crippen molar-refractivity contribution in [2.24, 2.45) is 0 Å². The Morgan fingerprint density at radius 3 is 0.866 bits per heavy atom. The van der Waals surface area contributed by atoms with Gasteiger partial charge < -0.3 is 14.2 Å². The molecule has 0 aliphatic carbocycles. The Labute approximate surface area is 415 Å². The molecule has 1 atom stereocenters. The van der Waals surface area contributed by atoms with E-state index < -0.39 is 6.10 Å². The molecule has 0 saturated heterocycles. The van der Waals surface area contributed by atoms with Gasteiger partial charge in [0, 0.05) is 19.3 Å². The van der Waals surface area contributed by atoms with Gasteiger partial charge in [0.05, 0.1) is 0 Å². The van der Waals surface area contributed by atoms with Crippen LogP contribution in [0.2, 0.25) is 0 Å². The molecule has 0 amide bonds. The van der Waals surface area contributed by atoms with Crippen molar-refractivity contribution in [3.05, 3.63) is 60.8 Å². The maximum atomic E-state index is 12.8. The lowest BCUT2D eigenvalue weighted by molar-refractivity contribution is -0.167. The van der Waals surface area contributed by atoms with Crippen LogP contribution in [0.1, 0.15) is 290 Å². The zero-order valence-corrected chi connectivity index (χ0v) is 44.4. The fourth-order valence-electron chi connectivity index (χ4n) is 8.20. The fraction of sp³-hybridized carbons (Fsp3) is 0.787. The zero-order chi connectivity index (χ0) is 48.6. The van der Waals surface area contributed by atoms with Gasteiger partial charge in [0.1, 0.15) is 13.2 Å². The maximum Gasteiger partial charge on any atom is 0.306 e. The number of allylic oxidation sites excluding steroid dienone is 10. The molecule has 0 rings (SSSR count). The summed E-state index contributed by atoms with van der Waals surface area (Å²) in [6.45, 7) is 6.60. The first kappa shape index (κ1) is 64.1. The van der Waals surface area contributed by atoms with E-state index in [2.05, 4.69) is 81.5 Å². The minimum Gasteiger partial charge on any atom is -0.462 e. The zero-order valence-electron chi connectivity index (χ0n) is 44.4. The van der Waals surface area contributed by atoms with Crippen LogP contribution in [0.4, 0.5) is 0 Å². The van der Waals surface area contributed by atoms with Crippen molar-refractivity contribution >= 4 is 17.9 Å². The van der Waals surface area contributed by atoms with Crippen molar-refractivity contribution in [2.75, 3.05) is 13.2 Å². The highest BCUT2D eigenvalue weighted by Crippen LogP contribution is 2.16. The van der Waals surface area contributed by atoms with E-state index in [1.807, 2.05) is 0 Å². The van der Waals surface area contributed by atoms with Crippen LogP contribution in [0.3, 0.4) is 0 Å². The van der Waals surface area contributed by atoms with Crippen molar-refractivity contribution in [1.29, 1.82) is 0 Å². The summed E-state index contributed by atoms with van der Waals surface area (Å²) in [7, 11) is 0. The van der Waals surface area contributed by atoms with E-state index in [0.29, 0.717) is 19.3 Å². The highest BCUT2D eigenvalue weighted by atomic mass is 16.6. The summed E-state index contributed by atoms with van der Waals surface area (Å²) in [6, 6.07) is 0. The van der Waals surface area contributed by atoms with E-state index in [-0.39, 0.29) is 31.1 Å². The highest BCUT2D eigenvalue weighted by Gasteiger charge is 2.19. The fourth-order valence-corrected chi connectivity index (χ4v) is 8.20. The molecular formula is C61H108O6. The second-order valence-corrected chi connectivity index (χ2v) is 19.3. The minimum atomic E-state index is -0.784. The summed E-state index contributed by atoms with van der Waals surface area (Å²) in [5, 5.41) is 0. The number of hydrogen-bond acceptors (Lipinski definition) is 6. The minimum absolute atomic E-state index is 0.0812. The number of carbonyl (C=O) groups excluding carboxylic acids is 3. The van der Waals surface area contributed by atoms with Gasteiger partial charge in [-0.15, -0.1) is 0 Å². The summed E-state index contributed by atoms with van der Waals surface area (Å²) in [5.74, 6) is -0.894. The average molecular weight is 938 g/mol. The first-order valence-electron chi connectivity index (χ1n) is 28.8. The topological polar surface area (TPSA) is 78.9 Å². The standard InChI is InChI=1S/C61H108O6/c1-4-7-10-13-16-19-22-25-27-29-31-33-34-36-39-42-45-48-51-54-60(63)66-57-58(56-65-59(62)53-50-47-44-41-38-24-21-18-15-12-9-6-3)67-61(64)55-52-49-46-43-40-37-35-32-30-28-26-23-20-17-14-11-8-5-2/h16,19,22-23,25-26,28,30,32,35,58H,4-15,17-18,20-21,24,27,29,31,33-34,36-57H2,1-3H3/b19-16-,25-22-,26-23-,30-28-,35-32-. The maximum absolute atomic E-state index is 12.8. The molecule has 0 radical (unpaired) electrons. The molecule has 0 bridgehead atoms. The third-order valence-corrected chi connectivity index (χ3v) is 12.6. The van der Waals surface area contributed by atoms with Crippen LogP contribution in [-0.4, -0.2) is 37.2 Å². The van der Waals surface area contributed by atoms with Gasteiger partial charge in [-0.25, -0.2) is 0 Å².